The Morgan fingerprint density at radius 3 is 2.67 bits per heavy atom. The second kappa shape index (κ2) is 13.7. The average molecular weight is 631 g/mol. The van der Waals surface area contributed by atoms with E-state index in [1.165, 1.54) is 6.20 Å². The number of fused-ring (bicyclic) bond motifs is 2. The minimum Gasteiger partial charge on any atom is -0.486 e. The van der Waals surface area contributed by atoms with Crippen molar-refractivity contribution in [1.29, 1.82) is 0 Å². The van der Waals surface area contributed by atoms with Crippen LogP contribution in [0.3, 0.4) is 0 Å². The molecule has 45 heavy (non-hydrogen) atoms. The smallest absolute Gasteiger partial charge is 0.264 e. The van der Waals surface area contributed by atoms with Crippen molar-refractivity contribution in [3.63, 3.8) is 0 Å². The molecule has 1 aromatic heterocycles. The predicted molar refractivity (Wildman–Crippen MR) is 173 cm³/mol. The molecule has 11 nitrogen and oxygen atoms in total. The summed E-state index contributed by atoms with van der Waals surface area (Å²) >= 11 is 6.44. The van der Waals surface area contributed by atoms with Crippen LogP contribution in [0.2, 0.25) is 5.02 Å². The van der Waals surface area contributed by atoms with Crippen LogP contribution in [0.15, 0.2) is 59.8 Å². The van der Waals surface area contributed by atoms with Gasteiger partial charge in [0, 0.05) is 55.3 Å². The van der Waals surface area contributed by atoms with E-state index in [9.17, 15) is 9.59 Å². The van der Waals surface area contributed by atoms with Gasteiger partial charge in [0.1, 0.15) is 18.9 Å². The summed E-state index contributed by atoms with van der Waals surface area (Å²) < 4.78 is 16.9. The maximum atomic E-state index is 13.5. The molecule has 2 aromatic carbocycles. The summed E-state index contributed by atoms with van der Waals surface area (Å²) in [7, 11) is 0. The summed E-state index contributed by atoms with van der Waals surface area (Å²) in [5.74, 6) is 0.269. The zero-order valence-corrected chi connectivity index (χ0v) is 25.8. The molecule has 2 amide bonds. The van der Waals surface area contributed by atoms with Gasteiger partial charge >= 0.3 is 0 Å². The molecular formula is C33H35ClN6O5. The number of primary amides is 1. The molecule has 0 unspecified atom stereocenters. The third-order valence-corrected chi connectivity index (χ3v) is 8.25. The topological polar surface area (TPSA) is 132 Å². The molecule has 1 saturated heterocycles. The number of nitrogens with zero attached hydrogens (tertiary/aromatic N) is 4. The molecule has 12 heteroatoms. The number of pyridine rings is 1. The SMILES string of the molecule is C/C(=N\N(C1=CCCc2ccc(NC(=O)c3cc(CCN4CCOCC4)ncc3Cl)cc21)c1ccc2c(c1)OCCO2)C(N)=O. The zero-order chi connectivity index (χ0) is 31.3. The molecule has 1 aliphatic carbocycles. The van der Waals surface area contributed by atoms with Gasteiger partial charge in [-0.15, -0.1) is 0 Å². The quantitative estimate of drug-likeness (QED) is 0.264. The number of benzene rings is 2. The van der Waals surface area contributed by atoms with Crippen LogP contribution in [0.5, 0.6) is 11.5 Å². The average Bonchev–Trinajstić information content (AvgIpc) is 3.06. The molecule has 0 spiro atoms. The summed E-state index contributed by atoms with van der Waals surface area (Å²) in [6, 6.07) is 13.0. The van der Waals surface area contributed by atoms with Crippen LogP contribution < -0.4 is 25.5 Å². The number of halogens is 1. The number of hydrogen-bond acceptors (Lipinski definition) is 9. The van der Waals surface area contributed by atoms with Gasteiger partial charge in [-0.05, 0) is 55.7 Å². The number of amides is 2. The van der Waals surface area contributed by atoms with Crippen molar-refractivity contribution in [2.45, 2.75) is 26.2 Å². The second-order valence-electron chi connectivity index (χ2n) is 11.0. The lowest BCUT2D eigenvalue weighted by molar-refractivity contribution is -0.112. The van der Waals surface area contributed by atoms with Gasteiger partial charge in [0.2, 0.25) is 0 Å². The van der Waals surface area contributed by atoms with Gasteiger partial charge in [-0.3, -0.25) is 19.5 Å². The normalized spacial score (nSPS) is 16.4. The van der Waals surface area contributed by atoms with E-state index in [0.29, 0.717) is 48.1 Å². The molecule has 0 saturated carbocycles. The standard InChI is InChI=1S/C33H35ClN6O5/c1-21(32(35)41)38-40(25-7-8-30-31(19-25)45-16-15-44-30)29-4-2-3-22-5-6-24(18-26(22)29)37-33(42)27-17-23(36-20-28(27)34)9-10-39-11-13-43-14-12-39/h4-8,17-20H,2-3,9-16H2,1H3,(H2,35,41)(H,37,42)/b38-21+. The molecule has 3 aliphatic rings. The van der Waals surface area contributed by atoms with E-state index in [2.05, 4.69) is 26.4 Å². The lowest BCUT2D eigenvalue weighted by Crippen LogP contribution is -2.37. The Labute approximate surface area is 266 Å². The van der Waals surface area contributed by atoms with Gasteiger partial charge in [0.05, 0.1) is 35.2 Å². The van der Waals surface area contributed by atoms with Crippen molar-refractivity contribution < 1.29 is 23.8 Å². The Morgan fingerprint density at radius 2 is 1.87 bits per heavy atom. The molecule has 2 aliphatic heterocycles. The third-order valence-electron chi connectivity index (χ3n) is 7.94. The molecule has 1 fully saturated rings. The van der Waals surface area contributed by atoms with Gasteiger partial charge in [-0.25, -0.2) is 5.01 Å². The Kier molecular flexibility index (Phi) is 9.29. The van der Waals surface area contributed by atoms with Gasteiger partial charge < -0.3 is 25.3 Å². The fourth-order valence-electron chi connectivity index (χ4n) is 5.49. The number of rotatable bonds is 9. The molecule has 234 valence electrons. The number of aryl methyl sites for hydroxylation is 1. The largest absolute Gasteiger partial charge is 0.486 e. The van der Waals surface area contributed by atoms with E-state index in [1.54, 1.807) is 18.0 Å². The highest BCUT2D eigenvalue weighted by atomic mass is 35.5. The van der Waals surface area contributed by atoms with Crippen LogP contribution in [0.25, 0.3) is 5.70 Å². The van der Waals surface area contributed by atoms with E-state index in [0.717, 1.165) is 68.2 Å². The fourth-order valence-corrected chi connectivity index (χ4v) is 5.68. The van der Waals surface area contributed by atoms with Gasteiger partial charge in [-0.2, -0.15) is 5.10 Å². The van der Waals surface area contributed by atoms with Crippen molar-refractivity contribution in [3.05, 3.63) is 82.1 Å². The van der Waals surface area contributed by atoms with Crippen LogP contribution in [-0.2, 0) is 22.4 Å². The number of nitrogens with one attached hydrogen (secondary N) is 1. The molecule has 6 rings (SSSR count). The Hall–Kier alpha value is -4.45. The fraction of sp³-hybridized carbons (Fsp3) is 0.333. The Morgan fingerprint density at radius 1 is 1.07 bits per heavy atom. The summed E-state index contributed by atoms with van der Waals surface area (Å²) in [5.41, 5.74) is 10.8. The molecule has 3 aromatic rings. The monoisotopic (exact) mass is 630 g/mol. The van der Waals surface area contributed by atoms with Crippen molar-refractivity contribution in [1.82, 2.24) is 9.88 Å². The Bertz CT molecular complexity index is 1670. The maximum absolute atomic E-state index is 13.5. The first kappa shape index (κ1) is 30.6. The number of hydrazone groups is 1. The van der Waals surface area contributed by atoms with Crippen molar-refractivity contribution >= 4 is 46.2 Å². The number of carbonyl (C=O) groups is 2. The Balaban J connectivity index is 1.26. The number of morpholine rings is 1. The molecule has 3 N–H and O–H groups in total. The molecule has 0 atom stereocenters. The number of hydrogen-bond donors (Lipinski definition) is 2. The highest BCUT2D eigenvalue weighted by Gasteiger charge is 2.24. The van der Waals surface area contributed by atoms with Crippen LogP contribution in [0, 0.1) is 0 Å². The summed E-state index contributed by atoms with van der Waals surface area (Å²) in [5, 5.41) is 9.59. The number of allylic oxidation sites excluding steroid dienone is 1. The molecule has 3 heterocycles. The lowest BCUT2D eigenvalue weighted by Gasteiger charge is -2.29. The van der Waals surface area contributed by atoms with E-state index >= 15 is 0 Å². The lowest BCUT2D eigenvalue weighted by atomic mass is 9.93. The minimum absolute atomic E-state index is 0.138. The number of ether oxygens (including phenoxy) is 3. The van der Waals surface area contributed by atoms with E-state index < -0.39 is 5.91 Å². The minimum atomic E-state index is -0.631. The first-order valence-corrected chi connectivity index (χ1v) is 15.4. The first-order chi connectivity index (χ1) is 21.9. The van der Waals surface area contributed by atoms with Crippen LogP contribution in [-0.4, -0.2) is 73.5 Å². The van der Waals surface area contributed by atoms with Crippen LogP contribution in [0.1, 0.15) is 40.5 Å². The van der Waals surface area contributed by atoms with E-state index in [1.807, 2.05) is 36.4 Å². The predicted octanol–water partition coefficient (Wildman–Crippen LogP) is 4.29. The maximum Gasteiger partial charge on any atom is 0.264 e. The molecular weight excluding hydrogens is 596 g/mol. The highest BCUT2D eigenvalue weighted by molar-refractivity contribution is 6.37. The van der Waals surface area contributed by atoms with Crippen molar-refractivity contribution in [2.24, 2.45) is 10.8 Å². The summed E-state index contributed by atoms with van der Waals surface area (Å²) in [4.78, 5) is 32.3. The molecule has 0 bridgehead atoms. The van der Waals surface area contributed by atoms with Gasteiger partial charge in [-0.1, -0.05) is 23.7 Å². The highest BCUT2D eigenvalue weighted by Crippen LogP contribution is 2.39. The van der Waals surface area contributed by atoms with Crippen LogP contribution >= 0.6 is 11.6 Å². The number of anilines is 2. The first-order valence-electron chi connectivity index (χ1n) is 15.0. The van der Waals surface area contributed by atoms with Crippen molar-refractivity contribution in [2.75, 3.05) is 56.4 Å². The summed E-state index contributed by atoms with van der Waals surface area (Å²) in [6.45, 7) is 6.53. The number of carbonyl (C=O) groups excluding carboxylic acids is 2. The molecule has 0 radical (unpaired) electrons. The zero-order valence-electron chi connectivity index (χ0n) is 25.1. The third kappa shape index (κ3) is 7.11. The number of aromatic nitrogens is 1. The number of nitrogens with two attached hydrogens (primary N) is 1. The van der Waals surface area contributed by atoms with Gasteiger partial charge in [0.25, 0.3) is 11.8 Å². The summed E-state index contributed by atoms with van der Waals surface area (Å²) in [6.07, 6.45) is 5.86. The van der Waals surface area contributed by atoms with Crippen LogP contribution in [0.4, 0.5) is 11.4 Å². The van der Waals surface area contributed by atoms with E-state index in [-0.39, 0.29) is 16.6 Å². The van der Waals surface area contributed by atoms with E-state index in [4.69, 9.17) is 31.5 Å². The van der Waals surface area contributed by atoms with Crippen molar-refractivity contribution in [3.8, 4) is 11.5 Å². The van der Waals surface area contributed by atoms with Gasteiger partial charge in [0.15, 0.2) is 11.5 Å². The second-order valence-corrected chi connectivity index (χ2v) is 11.4.